The molecule has 136 valence electrons. The van der Waals surface area contributed by atoms with Crippen LogP contribution in [0.4, 0.5) is 4.79 Å². The fraction of sp³-hybridized carbons (Fsp3) is 0.474. The molecule has 0 aliphatic heterocycles. The predicted molar refractivity (Wildman–Crippen MR) is 98.4 cm³/mol. The minimum atomic E-state index is -0.586. The standard InChI is InChI=1S/C19H28N4O2/c1-13(12-18(24)16-8-6-5-7-9-16)21-19(25)20-11-10-17-14(2)22-23(4)15(17)3/h5-9,13,18,24H,10-12H2,1-4H3,(H2,20,21,25)/t13-,18-/m1/s1. The van der Waals surface area contributed by atoms with Gasteiger partial charge in [-0.05, 0) is 44.7 Å². The monoisotopic (exact) mass is 344 g/mol. The molecule has 2 atom stereocenters. The number of benzene rings is 1. The van der Waals surface area contributed by atoms with Gasteiger partial charge in [0.15, 0.2) is 0 Å². The lowest BCUT2D eigenvalue weighted by Gasteiger charge is -2.18. The third-order valence-corrected chi connectivity index (χ3v) is 4.46. The van der Waals surface area contributed by atoms with Crippen LogP contribution in [0.2, 0.25) is 0 Å². The summed E-state index contributed by atoms with van der Waals surface area (Å²) in [5.74, 6) is 0. The van der Waals surface area contributed by atoms with Gasteiger partial charge in [0.2, 0.25) is 0 Å². The van der Waals surface area contributed by atoms with E-state index in [-0.39, 0.29) is 12.1 Å². The first kappa shape index (κ1) is 19.0. The van der Waals surface area contributed by atoms with Crippen LogP contribution in [0, 0.1) is 13.8 Å². The first-order valence-corrected chi connectivity index (χ1v) is 8.65. The summed E-state index contributed by atoms with van der Waals surface area (Å²) in [6, 6.07) is 9.13. The lowest BCUT2D eigenvalue weighted by Crippen LogP contribution is -2.42. The average Bonchev–Trinajstić information content (AvgIpc) is 2.81. The number of hydrogen-bond donors (Lipinski definition) is 3. The van der Waals surface area contributed by atoms with Crippen LogP contribution in [0.5, 0.6) is 0 Å². The van der Waals surface area contributed by atoms with Crippen LogP contribution in [0.15, 0.2) is 30.3 Å². The molecule has 0 fully saturated rings. The van der Waals surface area contributed by atoms with Crippen LogP contribution in [0.25, 0.3) is 0 Å². The summed E-state index contributed by atoms with van der Waals surface area (Å²) in [6.45, 7) is 6.45. The van der Waals surface area contributed by atoms with E-state index >= 15 is 0 Å². The van der Waals surface area contributed by atoms with E-state index in [9.17, 15) is 9.90 Å². The third-order valence-electron chi connectivity index (χ3n) is 4.46. The van der Waals surface area contributed by atoms with Gasteiger partial charge in [0.1, 0.15) is 0 Å². The van der Waals surface area contributed by atoms with Crippen molar-refractivity contribution >= 4 is 6.03 Å². The van der Waals surface area contributed by atoms with Crippen LogP contribution in [-0.2, 0) is 13.5 Å². The molecule has 0 aliphatic carbocycles. The zero-order valence-electron chi connectivity index (χ0n) is 15.4. The van der Waals surface area contributed by atoms with Crippen molar-refractivity contribution in [2.45, 2.75) is 45.8 Å². The Balaban J connectivity index is 1.74. The average molecular weight is 344 g/mol. The minimum Gasteiger partial charge on any atom is -0.388 e. The van der Waals surface area contributed by atoms with E-state index < -0.39 is 6.10 Å². The number of carbonyl (C=O) groups excluding carboxylic acids is 1. The van der Waals surface area contributed by atoms with E-state index in [2.05, 4.69) is 15.7 Å². The Kier molecular flexibility index (Phi) is 6.58. The molecule has 1 aromatic carbocycles. The van der Waals surface area contributed by atoms with Crippen LogP contribution in [-0.4, -0.2) is 33.5 Å². The van der Waals surface area contributed by atoms with Crippen molar-refractivity contribution in [1.82, 2.24) is 20.4 Å². The number of aryl methyl sites for hydroxylation is 2. The SMILES string of the molecule is Cc1nn(C)c(C)c1CCNC(=O)N[C@H](C)C[C@@H](O)c1ccccc1. The molecule has 0 aliphatic rings. The van der Waals surface area contributed by atoms with Gasteiger partial charge < -0.3 is 15.7 Å². The third kappa shape index (κ3) is 5.32. The summed E-state index contributed by atoms with van der Waals surface area (Å²) >= 11 is 0. The minimum absolute atomic E-state index is 0.128. The quantitative estimate of drug-likeness (QED) is 0.721. The van der Waals surface area contributed by atoms with Crippen LogP contribution < -0.4 is 10.6 Å². The van der Waals surface area contributed by atoms with Gasteiger partial charge in [-0.15, -0.1) is 0 Å². The number of amides is 2. The van der Waals surface area contributed by atoms with Crippen molar-refractivity contribution in [3.63, 3.8) is 0 Å². The number of aliphatic hydroxyl groups excluding tert-OH is 1. The predicted octanol–water partition coefficient (Wildman–Crippen LogP) is 2.39. The molecule has 6 nitrogen and oxygen atoms in total. The van der Waals surface area contributed by atoms with Gasteiger partial charge in [-0.3, -0.25) is 4.68 Å². The second-order valence-electron chi connectivity index (χ2n) is 6.49. The summed E-state index contributed by atoms with van der Waals surface area (Å²) in [5.41, 5.74) is 4.16. The smallest absolute Gasteiger partial charge is 0.315 e. The molecule has 0 unspecified atom stereocenters. The molecule has 0 spiro atoms. The molecule has 0 radical (unpaired) electrons. The fourth-order valence-electron chi connectivity index (χ4n) is 2.96. The van der Waals surface area contributed by atoms with Crippen molar-refractivity contribution in [3.8, 4) is 0 Å². The Hall–Kier alpha value is -2.34. The molecule has 0 bridgehead atoms. The van der Waals surface area contributed by atoms with Crippen LogP contribution >= 0.6 is 0 Å². The van der Waals surface area contributed by atoms with Crippen LogP contribution in [0.1, 0.15) is 42.0 Å². The Bertz CT molecular complexity index is 697. The number of rotatable bonds is 7. The number of nitrogens with one attached hydrogen (secondary N) is 2. The van der Waals surface area contributed by atoms with Gasteiger partial charge >= 0.3 is 6.03 Å². The molecule has 1 aromatic heterocycles. The maximum Gasteiger partial charge on any atom is 0.315 e. The zero-order valence-corrected chi connectivity index (χ0v) is 15.4. The van der Waals surface area contributed by atoms with Crippen molar-refractivity contribution in [1.29, 1.82) is 0 Å². The first-order valence-electron chi connectivity index (χ1n) is 8.65. The second kappa shape index (κ2) is 8.67. The Labute approximate surface area is 149 Å². The highest BCUT2D eigenvalue weighted by Crippen LogP contribution is 2.17. The number of aliphatic hydroxyl groups is 1. The Morgan fingerprint density at radius 1 is 1.28 bits per heavy atom. The summed E-state index contributed by atoms with van der Waals surface area (Å²) < 4.78 is 1.86. The van der Waals surface area contributed by atoms with Crippen LogP contribution in [0.3, 0.4) is 0 Å². The molecule has 3 N–H and O–H groups in total. The summed E-state index contributed by atoms with van der Waals surface area (Å²) in [7, 11) is 1.92. The second-order valence-corrected chi connectivity index (χ2v) is 6.49. The number of urea groups is 1. The summed E-state index contributed by atoms with van der Waals surface area (Å²) in [5, 5.41) is 20.3. The maximum absolute atomic E-state index is 12.0. The topological polar surface area (TPSA) is 79.2 Å². The fourth-order valence-corrected chi connectivity index (χ4v) is 2.96. The number of hydrogen-bond acceptors (Lipinski definition) is 3. The van der Waals surface area contributed by atoms with Crippen molar-refractivity contribution in [2.75, 3.05) is 6.54 Å². The van der Waals surface area contributed by atoms with Gasteiger partial charge in [0.25, 0.3) is 0 Å². The molecule has 2 rings (SSSR count). The normalized spacial score (nSPS) is 13.3. The lowest BCUT2D eigenvalue weighted by molar-refractivity contribution is 0.154. The van der Waals surface area contributed by atoms with Gasteiger partial charge in [0.05, 0.1) is 11.8 Å². The van der Waals surface area contributed by atoms with Gasteiger partial charge in [-0.25, -0.2) is 4.79 Å². The highest BCUT2D eigenvalue weighted by atomic mass is 16.3. The molecule has 2 aromatic rings. The Morgan fingerprint density at radius 2 is 1.96 bits per heavy atom. The number of nitrogens with zero attached hydrogens (tertiary/aromatic N) is 2. The maximum atomic E-state index is 12.0. The molecule has 25 heavy (non-hydrogen) atoms. The molecule has 6 heteroatoms. The van der Waals surface area contributed by atoms with Gasteiger partial charge in [-0.1, -0.05) is 30.3 Å². The molecular weight excluding hydrogens is 316 g/mol. The molecule has 0 saturated carbocycles. The van der Waals surface area contributed by atoms with Crippen molar-refractivity contribution in [3.05, 3.63) is 52.8 Å². The number of carbonyl (C=O) groups is 1. The molecular formula is C19H28N4O2. The molecule has 1 heterocycles. The van der Waals surface area contributed by atoms with E-state index in [1.165, 1.54) is 5.56 Å². The van der Waals surface area contributed by atoms with E-state index in [1.54, 1.807) is 0 Å². The molecule has 2 amide bonds. The van der Waals surface area contributed by atoms with Gasteiger partial charge in [0, 0.05) is 25.3 Å². The van der Waals surface area contributed by atoms with Gasteiger partial charge in [-0.2, -0.15) is 5.10 Å². The zero-order chi connectivity index (χ0) is 18.4. The molecule has 0 saturated heterocycles. The largest absolute Gasteiger partial charge is 0.388 e. The van der Waals surface area contributed by atoms with E-state index in [4.69, 9.17) is 0 Å². The highest BCUT2D eigenvalue weighted by Gasteiger charge is 2.14. The lowest BCUT2D eigenvalue weighted by atomic mass is 10.0. The number of aromatic nitrogens is 2. The van der Waals surface area contributed by atoms with Crippen molar-refractivity contribution < 1.29 is 9.90 Å². The van der Waals surface area contributed by atoms with Crippen molar-refractivity contribution in [2.24, 2.45) is 7.05 Å². The highest BCUT2D eigenvalue weighted by molar-refractivity contribution is 5.74. The first-order chi connectivity index (χ1) is 11.9. The summed E-state index contributed by atoms with van der Waals surface area (Å²) in [4.78, 5) is 12.0. The van der Waals surface area contributed by atoms with E-state index in [0.717, 1.165) is 23.4 Å². The Morgan fingerprint density at radius 3 is 2.56 bits per heavy atom. The van der Waals surface area contributed by atoms with E-state index in [0.29, 0.717) is 13.0 Å². The summed E-state index contributed by atoms with van der Waals surface area (Å²) in [6.07, 6.45) is 0.635. The van der Waals surface area contributed by atoms with E-state index in [1.807, 2.05) is 62.8 Å².